The third-order valence-corrected chi connectivity index (χ3v) is 6.25. The Bertz CT molecular complexity index is 703. The van der Waals surface area contributed by atoms with Crippen LogP contribution in [0.1, 0.15) is 63.0 Å². The molecule has 2 saturated heterocycles. The first-order valence-corrected chi connectivity index (χ1v) is 11.8. The fourth-order valence-electron chi connectivity index (χ4n) is 4.70. The van der Waals surface area contributed by atoms with Gasteiger partial charge in [-0.1, -0.05) is 37.1 Å². The third-order valence-electron chi connectivity index (χ3n) is 6.25. The Kier molecular flexibility index (Phi) is 11.6. The number of carbonyl (C=O) groups excluding carboxylic acids is 1. The van der Waals surface area contributed by atoms with Gasteiger partial charge in [0.1, 0.15) is 0 Å². The molecule has 6 nitrogen and oxygen atoms in total. The first kappa shape index (κ1) is 25.9. The zero-order valence-corrected chi connectivity index (χ0v) is 21.4. The van der Waals surface area contributed by atoms with Gasteiger partial charge in [0.2, 0.25) is 5.91 Å². The lowest BCUT2D eigenvalue weighted by molar-refractivity contribution is -0.119. The molecule has 1 atom stereocenters. The zero-order chi connectivity index (χ0) is 21.2. The van der Waals surface area contributed by atoms with Gasteiger partial charge in [-0.05, 0) is 62.7 Å². The molecule has 2 fully saturated rings. The molecule has 3 N–H and O–H groups in total. The number of nitrogens with one attached hydrogen (secondary N) is 1. The van der Waals surface area contributed by atoms with E-state index in [1.54, 1.807) is 0 Å². The Morgan fingerprint density at radius 1 is 1.10 bits per heavy atom. The van der Waals surface area contributed by atoms with Crippen LogP contribution in [-0.4, -0.2) is 54.4 Å². The molecule has 2 heterocycles. The van der Waals surface area contributed by atoms with Crippen LogP contribution in [0.3, 0.4) is 0 Å². The van der Waals surface area contributed by atoms with E-state index in [-0.39, 0.29) is 29.9 Å². The van der Waals surface area contributed by atoms with E-state index in [2.05, 4.69) is 46.3 Å². The van der Waals surface area contributed by atoms with Crippen LogP contribution >= 0.6 is 24.0 Å². The Balaban J connectivity index is 0.00000341. The average molecular weight is 542 g/mol. The van der Waals surface area contributed by atoms with Crippen LogP contribution in [0.5, 0.6) is 0 Å². The molecule has 0 bridgehead atoms. The molecule has 0 radical (unpaired) electrons. The molecule has 1 aromatic carbocycles. The van der Waals surface area contributed by atoms with Crippen molar-refractivity contribution in [1.82, 2.24) is 15.1 Å². The molecule has 2 aliphatic heterocycles. The predicted molar refractivity (Wildman–Crippen MR) is 139 cm³/mol. The fourth-order valence-corrected chi connectivity index (χ4v) is 4.70. The van der Waals surface area contributed by atoms with Gasteiger partial charge in [0, 0.05) is 32.6 Å². The highest BCUT2D eigenvalue weighted by Crippen LogP contribution is 2.20. The first-order valence-electron chi connectivity index (χ1n) is 11.8. The van der Waals surface area contributed by atoms with Gasteiger partial charge in [0.15, 0.2) is 5.96 Å². The van der Waals surface area contributed by atoms with Crippen LogP contribution in [0.25, 0.3) is 0 Å². The normalized spacial score (nSPS) is 20.6. The maximum absolute atomic E-state index is 11.4. The number of carbonyl (C=O) groups is 1. The molecule has 0 spiro atoms. The Morgan fingerprint density at radius 3 is 2.48 bits per heavy atom. The van der Waals surface area contributed by atoms with E-state index in [9.17, 15) is 4.79 Å². The molecule has 174 valence electrons. The summed E-state index contributed by atoms with van der Waals surface area (Å²) in [5, 5.41) is 3.45. The van der Waals surface area contributed by atoms with Crippen LogP contribution in [0.2, 0.25) is 0 Å². The molecule has 7 heteroatoms. The Labute approximate surface area is 205 Å². The van der Waals surface area contributed by atoms with Crippen molar-refractivity contribution in [3.8, 4) is 0 Å². The zero-order valence-electron chi connectivity index (χ0n) is 19.0. The van der Waals surface area contributed by atoms with Crippen LogP contribution in [0.15, 0.2) is 29.3 Å². The van der Waals surface area contributed by atoms with Gasteiger partial charge < -0.3 is 16.0 Å². The van der Waals surface area contributed by atoms with Crippen molar-refractivity contribution in [2.45, 2.75) is 65.0 Å². The summed E-state index contributed by atoms with van der Waals surface area (Å²) in [5.74, 6) is 1.08. The van der Waals surface area contributed by atoms with E-state index in [0.717, 1.165) is 45.0 Å². The number of rotatable bonds is 7. The number of amides is 1. The maximum Gasteiger partial charge on any atom is 0.217 e. The number of benzene rings is 1. The largest absolute Gasteiger partial charge is 0.370 e. The summed E-state index contributed by atoms with van der Waals surface area (Å²) in [7, 11) is 0. The predicted octanol–water partition coefficient (Wildman–Crippen LogP) is 3.73. The molecular formula is C24H40IN5O. The summed E-state index contributed by atoms with van der Waals surface area (Å²) in [6.45, 7) is 8.89. The Hall–Kier alpha value is -1.35. The Morgan fingerprint density at radius 2 is 1.81 bits per heavy atom. The third kappa shape index (κ3) is 8.60. The van der Waals surface area contributed by atoms with E-state index in [1.807, 2.05) is 0 Å². The number of halogens is 1. The number of hydrogen-bond donors (Lipinski definition) is 2. The summed E-state index contributed by atoms with van der Waals surface area (Å²) < 4.78 is 0. The first-order chi connectivity index (χ1) is 14.7. The molecule has 0 aliphatic carbocycles. The molecular weight excluding hydrogens is 501 g/mol. The summed E-state index contributed by atoms with van der Waals surface area (Å²) in [4.78, 5) is 21.2. The summed E-state index contributed by atoms with van der Waals surface area (Å²) in [6.07, 6.45) is 7.96. The second-order valence-corrected chi connectivity index (χ2v) is 8.75. The van der Waals surface area contributed by atoms with Gasteiger partial charge in [-0.25, -0.2) is 4.99 Å². The second-order valence-electron chi connectivity index (χ2n) is 8.75. The van der Waals surface area contributed by atoms with Crippen LogP contribution in [0.4, 0.5) is 0 Å². The topological polar surface area (TPSA) is 74.0 Å². The minimum absolute atomic E-state index is 0. The van der Waals surface area contributed by atoms with Crippen LogP contribution in [-0.2, 0) is 17.9 Å². The van der Waals surface area contributed by atoms with Crippen molar-refractivity contribution in [1.29, 1.82) is 0 Å². The standard InChI is InChI=1S/C24H39N5O.HI/c1-2-26-24(29-15-9-10-20(18-29)16-23(25)30)27-17-21-11-5-6-12-22(21)19-28-13-7-3-4-8-14-28;/h5-6,11-12,20H,2-4,7-10,13-19H2,1H3,(H2,25,30)(H,26,27);1H. The number of primary amides is 1. The summed E-state index contributed by atoms with van der Waals surface area (Å²) >= 11 is 0. The van der Waals surface area contributed by atoms with Crippen molar-refractivity contribution < 1.29 is 4.79 Å². The van der Waals surface area contributed by atoms with E-state index in [0.29, 0.717) is 18.9 Å². The number of aliphatic imine (C=N–C) groups is 1. The highest BCUT2D eigenvalue weighted by atomic mass is 127. The van der Waals surface area contributed by atoms with Crippen molar-refractivity contribution >= 4 is 35.8 Å². The molecule has 2 aliphatic rings. The van der Waals surface area contributed by atoms with E-state index in [4.69, 9.17) is 10.7 Å². The lowest BCUT2D eigenvalue weighted by Crippen LogP contribution is -2.47. The van der Waals surface area contributed by atoms with Crippen LogP contribution < -0.4 is 11.1 Å². The quantitative estimate of drug-likeness (QED) is 0.314. The van der Waals surface area contributed by atoms with Crippen molar-refractivity contribution in [3.63, 3.8) is 0 Å². The van der Waals surface area contributed by atoms with Gasteiger partial charge >= 0.3 is 0 Å². The number of nitrogens with zero attached hydrogens (tertiary/aromatic N) is 3. The second kappa shape index (κ2) is 13.9. The van der Waals surface area contributed by atoms with E-state index >= 15 is 0 Å². The number of piperidine rings is 1. The molecule has 1 unspecified atom stereocenters. The van der Waals surface area contributed by atoms with Gasteiger partial charge in [0.05, 0.1) is 6.54 Å². The highest BCUT2D eigenvalue weighted by Gasteiger charge is 2.23. The fraction of sp³-hybridized carbons (Fsp3) is 0.667. The van der Waals surface area contributed by atoms with Gasteiger partial charge in [0.25, 0.3) is 0 Å². The van der Waals surface area contributed by atoms with Gasteiger partial charge in [-0.3, -0.25) is 9.69 Å². The van der Waals surface area contributed by atoms with Crippen molar-refractivity contribution in [3.05, 3.63) is 35.4 Å². The SMILES string of the molecule is CCNC(=NCc1ccccc1CN1CCCCCC1)N1CCCC(CC(N)=O)C1.I. The lowest BCUT2D eigenvalue weighted by Gasteiger charge is -2.34. The summed E-state index contributed by atoms with van der Waals surface area (Å²) in [6, 6.07) is 8.73. The van der Waals surface area contributed by atoms with E-state index in [1.165, 1.54) is 49.9 Å². The number of guanidine groups is 1. The lowest BCUT2D eigenvalue weighted by atomic mass is 9.95. The van der Waals surface area contributed by atoms with E-state index < -0.39 is 0 Å². The average Bonchev–Trinajstić information content (AvgIpc) is 3.00. The minimum atomic E-state index is -0.203. The number of likely N-dealkylation sites (tertiary alicyclic amines) is 2. The van der Waals surface area contributed by atoms with Crippen molar-refractivity contribution in [2.75, 3.05) is 32.7 Å². The smallest absolute Gasteiger partial charge is 0.217 e. The highest BCUT2D eigenvalue weighted by molar-refractivity contribution is 14.0. The maximum atomic E-state index is 11.4. The summed E-state index contributed by atoms with van der Waals surface area (Å²) in [5.41, 5.74) is 8.14. The number of nitrogens with two attached hydrogens (primary N) is 1. The van der Waals surface area contributed by atoms with Crippen LogP contribution in [0, 0.1) is 5.92 Å². The molecule has 31 heavy (non-hydrogen) atoms. The molecule has 1 aromatic rings. The van der Waals surface area contributed by atoms with Gasteiger partial charge in [-0.2, -0.15) is 0 Å². The monoisotopic (exact) mass is 541 g/mol. The molecule has 0 saturated carbocycles. The molecule has 3 rings (SSSR count). The number of hydrogen-bond acceptors (Lipinski definition) is 3. The molecule has 1 amide bonds. The van der Waals surface area contributed by atoms with Gasteiger partial charge in [-0.15, -0.1) is 24.0 Å². The van der Waals surface area contributed by atoms with Crippen molar-refractivity contribution in [2.24, 2.45) is 16.6 Å². The minimum Gasteiger partial charge on any atom is -0.370 e. The molecule has 0 aromatic heterocycles.